The van der Waals surface area contributed by atoms with Crippen LogP contribution in [-0.2, 0) is 11.2 Å². The number of hydrogen-bond acceptors (Lipinski definition) is 5. The maximum Gasteiger partial charge on any atom is 0.257 e. The summed E-state index contributed by atoms with van der Waals surface area (Å²) in [6, 6.07) is 13.9. The first-order valence-corrected chi connectivity index (χ1v) is 12.0. The molecule has 0 spiro atoms. The maximum atomic E-state index is 13.3. The predicted molar refractivity (Wildman–Crippen MR) is 128 cm³/mol. The van der Waals surface area contributed by atoms with E-state index in [2.05, 4.69) is 15.2 Å². The van der Waals surface area contributed by atoms with Gasteiger partial charge in [-0.1, -0.05) is 17.7 Å². The smallest absolute Gasteiger partial charge is 0.257 e. The molecule has 2 heterocycles. The lowest BCUT2D eigenvalue weighted by molar-refractivity contribution is -0.133. The van der Waals surface area contributed by atoms with Crippen LogP contribution in [0, 0.1) is 12.7 Å². The number of aromatic nitrogens is 1. The van der Waals surface area contributed by atoms with Gasteiger partial charge >= 0.3 is 0 Å². The van der Waals surface area contributed by atoms with Crippen LogP contribution in [0.3, 0.4) is 0 Å². The molecule has 1 unspecified atom stereocenters. The van der Waals surface area contributed by atoms with E-state index in [1.54, 1.807) is 24.3 Å². The molecule has 8 heteroatoms. The second-order valence-electron chi connectivity index (χ2n) is 8.53. The van der Waals surface area contributed by atoms with Crippen molar-refractivity contribution in [2.75, 3.05) is 36.4 Å². The Morgan fingerprint density at radius 3 is 2.42 bits per heavy atom. The van der Waals surface area contributed by atoms with Gasteiger partial charge < -0.3 is 9.80 Å². The lowest BCUT2D eigenvalue weighted by Gasteiger charge is -2.37. The van der Waals surface area contributed by atoms with E-state index in [1.807, 2.05) is 24.0 Å². The molecule has 170 valence electrons. The molecule has 3 aromatic rings. The number of carbonyl (C=O) groups is 2. The van der Waals surface area contributed by atoms with Crippen molar-refractivity contribution < 1.29 is 14.0 Å². The zero-order chi connectivity index (χ0) is 22.9. The zero-order valence-corrected chi connectivity index (χ0v) is 19.2. The van der Waals surface area contributed by atoms with Crippen LogP contribution in [-0.4, -0.2) is 47.9 Å². The Labute approximate surface area is 196 Å². The molecule has 0 saturated carbocycles. The molecule has 1 aromatic heterocycles. The third-order valence-electron chi connectivity index (χ3n) is 6.33. The fourth-order valence-electron chi connectivity index (χ4n) is 4.45. The first kappa shape index (κ1) is 21.6. The van der Waals surface area contributed by atoms with E-state index in [0.717, 1.165) is 34.7 Å². The lowest BCUT2D eigenvalue weighted by atomic mass is 10.1. The largest absolute Gasteiger partial charge is 0.368 e. The number of nitrogens with one attached hydrogen (secondary N) is 1. The molecule has 1 fully saturated rings. The van der Waals surface area contributed by atoms with Crippen molar-refractivity contribution in [3.8, 4) is 0 Å². The average Bonchev–Trinajstić information content (AvgIpc) is 3.40. The molecule has 2 aromatic carbocycles. The quantitative estimate of drug-likeness (QED) is 0.628. The molecule has 1 aliphatic heterocycles. The Hall–Kier alpha value is -3.26. The molecular weight excluding hydrogens is 439 g/mol. The summed E-state index contributed by atoms with van der Waals surface area (Å²) in [4.78, 5) is 35.6. The Morgan fingerprint density at radius 2 is 1.73 bits per heavy atom. The summed E-state index contributed by atoms with van der Waals surface area (Å²) in [5.41, 5.74) is 3.47. The van der Waals surface area contributed by atoms with Gasteiger partial charge in [-0.15, -0.1) is 11.3 Å². The molecule has 1 atom stereocenters. The molecule has 1 aliphatic carbocycles. The molecule has 33 heavy (non-hydrogen) atoms. The van der Waals surface area contributed by atoms with Gasteiger partial charge in [-0.25, -0.2) is 9.37 Å². The van der Waals surface area contributed by atoms with Crippen LogP contribution in [0.2, 0.25) is 0 Å². The van der Waals surface area contributed by atoms with E-state index in [9.17, 15) is 14.0 Å². The van der Waals surface area contributed by atoms with Crippen molar-refractivity contribution in [1.29, 1.82) is 0 Å². The minimum atomic E-state index is -0.251. The number of piperazine rings is 1. The maximum absolute atomic E-state index is 13.3. The highest BCUT2D eigenvalue weighted by Crippen LogP contribution is 2.39. The highest BCUT2D eigenvalue weighted by Gasteiger charge is 2.36. The first-order valence-electron chi connectivity index (χ1n) is 11.1. The van der Waals surface area contributed by atoms with Gasteiger partial charge in [0.1, 0.15) is 5.82 Å². The number of nitrogens with zero attached hydrogens (tertiary/aromatic N) is 3. The molecule has 0 radical (unpaired) electrons. The zero-order valence-electron chi connectivity index (χ0n) is 18.4. The molecule has 5 rings (SSSR count). The number of halogens is 1. The van der Waals surface area contributed by atoms with E-state index in [0.29, 0.717) is 36.9 Å². The Kier molecular flexibility index (Phi) is 5.85. The topological polar surface area (TPSA) is 65.5 Å². The third kappa shape index (κ3) is 4.48. The number of benzene rings is 2. The van der Waals surface area contributed by atoms with Gasteiger partial charge in [0.25, 0.3) is 5.91 Å². The number of amides is 2. The van der Waals surface area contributed by atoms with Gasteiger partial charge in [-0.2, -0.15) is 0 Å². The van der Waals surface area contributed by atoms with Gasteiger partial charge in [-0.3, -0.25) is 14.9 Å². The van der Waals surface area contributed by atoms with Crippen molar-refractivity contribution in [3.63, 3.8) is 0 Å². The number of carbonyl (C=O) groups excluding carboxylic acids is 2. The van der Waals surface area contributed by atoms with Crippen LogP contribution in [0.4, 0.5) is 15.2 Å². The fraction of sp³-hybridized carbons (Fsp3) is 0.320. The van der Waals surface area contributed by atoms with Crippen molar-refractivity contribution in [2.45, 2.75) is 25.7 Å². The van der Waals surface area contributed by atoms with Crippen molar-refractivity contribution >= 4 is 34.0 Å². The van der Waals surface area contributed by atoms with Crippen molar-refractivity contribution in [3.05, 3.63) is 76.0 Å². The number of anilines is 2. The van der Waals surface area contributed by atoms with Gasteiger partial charge in [0.2, 0.25) is 5.91 Å². The molecule has 0 bridgehead atoms. The van der Waals surface area contributed by atoms with Crippen LogP contribution in [0.15, 0.2) is 48.5 Å². The number of rotatable bonds is 4. The summed E-state index contributed by atoms with van der Waals surface area (Å²) in [7, 11) is 0. The Bertz CT molecular complexity index is 1170. The van der Waals surface area contributed by atoms with Gasteiger partial charge in [0.05, 0.1) is 11.6 Å². The average molecular weight is 465 g/mol. The lowest BCUT2D eigenvalue weighted by Crippen LogP contribution is -2.50. The molecule has 2 amide bonds. The monoisotopic (exact) mass is 464 g/mol. The van der Waals surface area contributed by atoms with Gasteiger partial charge in [-0.05, 0) is 56.2 Å². The summed E-state index contributed by atoms with van der Waals surface area (Å²) in [5, 5.41) is 3.43. The summed E-state index contributed by atoms with van der Waals surface area (Å²) in [6.45, 7) is 4.66. The SMILES string of the molecule is Cc1ccc(C(=O)Nc2nc3c(s2)CCC3C(=O)N2CCN(c3ccc(F)cc3)CC2)cc1. The molecular formula is C25H25FN4O2S. The highest BCUT2D eigenvalue weighted by atomic mass is 32.1. The van der Waals surface area contributed by atoms with Crippen LogP contribution in [0.5, 0.6) is 0 Å². The van der Waals surface area contributed by atoms with Crippen LogP contribution in [0.1, 0.15) is 38.8 Å². The second kappa shape index (κ2) is 8.94. The summed E-state index contributed by atoms with van der Waals surface area (Å²) < 4.78 is 13.2. The summed E-state index contributed by atoms with van der Waals surface area (Å²) >= 11 is 1.46. The van der Waals surface area contributed by atoms with Gasteiger partial charge in [0.15, 0.2) is 5.13 Å². The minimum absolute atomic E-state index is 0.106. The number of hydrogen-bond donors (Lipinski definition) is 1. The molecule has 2 aliphatic rings. The van der Waals surface area contributed by atoms with E-state index in [4.69, 9.17) is 0 Å². The van der Waals surface area contributed by atoms with E-state index >= 15 is 0 Å². The van der Waals surface area contributed by atoms with Crippen molar-refractivity contribution in [2.24, 2.45) is 0 Å². The summed E-state index contributed by atoms with van der Waals surface area (Å²) in [6.07, 6.45) is 1.57. The Morgan fingerprint density at radius 1 is 1.03 bits per heavy atom. The standard InChI is InChI=1S/C25H25FN4O2S/c1-16-2-4-17(5-3-16)23(31)28-25-27-22-20(10-11-21(22)33-25)24(32)30-14-12-29(13-15-30)19-8-6-18(26)7-9-19/h2-9,20H,10-15H2,1H3,(H,27,28,31). The molecule has 1 N–H and O–H groups in total. The molecule has 1 saturated heterocycles. The minimum Gasteiger partial charge on any atom is -0.368 e. The third-order valence-corrected chi connectivity index (χ3v) is 7.38. The van der Waals surface area contributed by atoms with E-state index < -0.39 is 0 Å². The fourth-order valence-corrected chi connectivity index (χ4v) is 5.49. The van der Waals surface area contributed by atoms with Crippen molar-refractivity contribution in [1.82, 2.24) is 9.88 Å². The second-order valence-corrected chi connectivity index (χ2v) is 9.61. The first-order chi connectivity index (χ1) is 16.0. The predicted octanol–water partition coefficient (Wildman–Crippen LogP) is 4.22. The van der Waals surface area contributed by atoms with Crippen LogP contribution < -0.4 is 10.2 Å². The van der Waals surface area contributed by atoms with E-state index in [-0.39, 0.29) is 23.5 Å². The number of fused-ring (bicyclic) bond motifs is 1. The number of thiazole rings is 1. The highest BCUT2D eigenvalue weighted by molar-refractivity contribution is 7.16. The molecule has 6 nitrogen and oxygen atoms in total. The normalized spacial score (nSPS) is 17.7. The summed E-state index contributed by atoms with van der Waals surface area (Å²) in [5.74, 6) is -0.586. The Balaban J connectivity index is 1.22. The van der Waals surface area contributed by atoms with E-state index in [1.165, 1.54) is 23.5 Å². The van der Waals surface area contributed by atoms with Crippen LogP contribution in [0.25, 0.3) is 0 Å². The number of aryl methyl sites for hydroxylation is 2. The van der Waals surface area contributed by atoms with Crippen LogP contribution >= 0.6 is 11.3 Å². The van der Waals surface area contributed by atoms with Gasteiger partial charge in [0, 0.05) is 42.3 Å².